The molecule has 2 rings (SSSR count). The zero-order valence-electron chi connectivity index (χ0n) is 8.97. The van der Waals surface area contributed by atoms with E-state index in [9.17, 15) is 4.79 Å². The van der Waals surface area contributed by atoms with Gasteiger partial charge in [0.1, 0.15) is 16.6 Å². The topological polar surface area (TPSA) is 113 Å². The van der Waals surface area contributed by atoms with Crippen LogP contribution in [0.1, 0.15) is 5.69 Å². The van der Waals surface area contributed by atoms with Gasteiger partial charge in [0.25, 0.3) is 0 Å². The molecule has 0 amide bonds. The predicted molar refractivity (Wildman–Crippen MR) is 63.2 cm³/mol. The number of H-pyrrole nitrogens is 1. The van der Waals surface area contributed by atoms with E-state index in [0.717, 1.165) is 0 Å². The molecule has 0 saturated carbocycles. The maximum absolute atomic E-state index is 11.2. The van der Waals surface area contributed by atoms with E-state index in [1.165, 1.54) is 16.3 Å². The summed E-state index contributed by atoms with van der Waals surface area (Å²) in [6.45, 7) is 0. The number of aromatic amines is 1. The minimum Gasteiger partial charge on any atom is -0.382 e. The van der Waals surface area contributed by atoms with Gasteiger partial charge in [0.05, 0.1) is 0 Å². The summed E-state index contributed by atoms with van der Waals surface area (Å²) in [6, 6.07) is 5.16. The molecule has 2 heterocycles. The molecule has 17 heavy (non-hydrogen) atoms. The lowest BCUT2D eigenvalue weighted by Crippen LogP contribution is -2.14. The number of nitrogen functional groups attached to an aromatic ring is 1. The van der Waals surface area contributed by atoms with E-state index < -0.39 is 0 Å². The third-order valence-corrected chi connectivity index (χ3v) is 3.02. The number of aromatic nitrogens is 4. The van der Waals surface area contributed by atoms with Gasteiger partial charge >= 0.3 is 5.69 Å². The molecule has 0 aliphatic rings. The van der Waals surface area contributed by atoms with E-state index in [-0.39, 0.29) is 11.5 Å². The monoisotopic (exact) mass is 250 g/mol. The average molecular weight is 250 g/mol. The first-order valence-corrected chi connectivity index (χ1v) is 5.50. The SMILES string of the molecule is Cn1c(Sc2cccc(C(=N)N)n2)n[nH]c1=O. The van der Waals surface area contributed by atoms with Gasteiger partial charge in [-0.1, -0.05) is 6.07 Å². The Labute approximate surface area is 101 Å². The van der Waals surface area contributed by atoms with Gasteiger partial charge in [-0.3, -0.25) is 9.98 Å². The van der Waals surface area contributed by atoms with Crippen molar-refractivity contribution in [2.45, 2.75) is 10.2 Å². The summed E-state index contributed by atoms with van der Waals surface area (Å²) in [6.07, 6.45) is 0. The Morgan fingerprint density at radius 2 is 2.35 bits per heavy atom. The van der Waals surface area contributed by atoms with Crippen LogP contribution >= 0.6 is 11.8 Å². The summed E-state index contributed by atoms with van der Waals surface area (Å²) in [7, 11) is 1.61. The van der Waals surface area contributed by atoms with Crippen LogP contribution in [0.5, 0.6) is 0 Å². The lowest BCUT2D eigenvalue weighted by atomic mass is 10.3. The van der Waals surface area contributed by atoms with Gasteiger partial charge in [0.2, 0.25) is 0 Å². The highest BCUT2D eigenvalue weighted by molar-refractivity contribution is 7.99. The number of pyridine rings is 1. The molecule has 0 bridgehead atoms. The maximum Gasteiger partial charge on any atom is 0.343 e. The van der Waals surface area contributed by atoms with Gasteiger partial charge in [-0.05, 0) is 23.9 Å². The summed E-state index contributed by atoms with van der Waals surface area (Å²) in [4.78, 5) is 15.3. The Kier molecular flexibility index (Phi) is 2.96. The zero-order valence-corrected chi connectivity index (χ0v) is 9.78. The summed E-state index contributed by atoms with van der Waals surface area (Å²) in [5.41, 5.74) is 5.46. The molecule has 7 nitrogen and oxygen atoms in total. The first-order valence-electron chi connectivity index (χ1n) is 4.68. The summed E-state index contributed by atoms with van der Waals surface area (Å²) < 4.78 is 1.38. The van der Waals surface area contributed by atoms with E-state index in [4.69, 9.17) is 11.1 Å². The largest absolute Gasteiger partial charge is 0.382 e. The Bertz CT molecular complexity index is 616. The molecule has 2 aromatic rings. The number of hydrogen-bond acceptors (Lipinski definition) is 5. The molecule has 0 aliphatic heterocycles. The predicted octanol–water partition coefficient (Wildman–Crippen LogP) is -0.0613. The van der Waals surface area contributed by atoms with Crippen molar-refractivity contribution >= 4 is 17.6 Å². The molecule has 0 atom stereocenters. The third kappa shape index (κ3) is 2.36. The van der Waals surface area contributed by atoms with Crippen LogP contribution in [0.15, 0.2) is 33.2 Å². The van der Waals surface area contributed by atoms with Gasteiger partial charge in [0.15, 0.2) is 5.16 Å². The van der Waals surface area contributed by atoms with Crippen LogP contribution in [0.2, 0.25) is 0 Å². The molecular formula is C9H10N6OS. The van der Waals surface area contributed by atoms with Gasteiger partial charge in [-0.2, -0.15) is 0 Å². The number of nitrogens with zero attached hydrogens (tertiary/aromatic N) is 3. The number of nitrogens with two attached hydrogens (primary N) is 1. The van der Waals surface area contributed by atoms with Crippen LogP contribution in [0, 0.1) is 5.41 Å². The zero-order chi connectivity index (χ0) is 12.4. The van der Waals surface area contributed by atoms with Crippen LogP contribution in [0.4, 0.5) is 0 Å². The van der Waals surface area contributed by atoms with Crippen molar-refractivity contribution in [2.75, 3.05) is 0 Å². The number of hydrogen-bond donors (Lipinski definition) is 3. The Morgan fingerprint density at radius 3 is 2.94 bits per heavy atom. The molecular weight excluding hydrogens is 240 g/mol. The second-order valence-electron chi connectivity index (χ2n) is 3.25. The van der Waals surface area contributed by atoms with Crippen LogP contribution < -0.4 is 11.4 Å². The van der Waals surface area contributed by atoms with E-state index >= 15 is 0 Å². The highest BCUT2D eigenvalue weighted by Crippen LogP contribution is 2.22. The summed E-state index contributed by atoms with van der Waals surface area (Å²) >= 11 is 1.22. The Hall–Kier alpha value is -2.09. The van der Waals surface area contributed by atoms with E-state index in [0.29, 0.717) is 15.9 Å². The highest BCUT2D eigenvalue weighted by atomic mass is 32.2. The van der Waals surface area contributed by atoms with Crippen molar-refractivity contribution in [3.8, 4) is 0 Å². The van der Waals surface area contributed by atoms with Gasteiger partial charge in [-0.15, -0.1) is 5.10 Å². The van der Waals surface area contributed by atoms with Crippen molar-refractivity contribution in [1.82, 2.24) is 19.7 Å². The van der Waals surface area contributed by atoms with Crippen molar-refractivity contribution < 1.29 is 0 Å². The molecule has 0 saturated heterocycles. The van der Waals surface area contributed by atoms with Gasteiger partial charge in [-0.25, -0.2) is 14.9 Å². The number of amidine groups is 1. The molecule has 0 aromatic carbocycles. The molecule has 2 aromatic heterocycles. The van der Waals surface area contributed by atoms with E-state index in [1.807, 2.05) is 0 Å². The fraction of sp³-hybridized carbons (Fsp3) is 0.111. The molecule has 8 heteroatoms. The molecule has 0 fully saturated rings. The molecule has 4 N–H and O–H groups in total. The van der Waals surface area contributed by atoms with Crippen molar-refractivity contribution in [3.05, 3.63) is 34.4 Å². The molecule has 0 aliphatic carbocycles. The number of rotatable bonds is 3. The minimum absolute atomic E-state index is 0.0941. The maximum atomic E-state index is 11.2. The summed E-state index contributed by atoms with van der Waals surface area (Å²) in [5, 5.41) is 14.6. The Morgan fingerprint density at radius 1 is 1.59 bits per heavy atom. The molecule has 0 radical (unpaired) electrons. The fourth-order valence-corrected chi connectivity index (χ4v) is 1.93. The lowest BCUT2D eigenvalue weighted by molar-refractivity contribution is 0.764. The van der Waals surface area contributed by atoms with Crippen LogP contribution in [0.25, 0.3) is 0 Å². The molecule has 88 valence electrons. The Balaban J connectivity index is 2.30. The lowest BCUT2D eigenvalue weighted by Gasteiger charge is -2.01. The van der Waals surface area contributed by atoms with Crippen molar-refractivity contribution in [3.63, 3.8) is 0 Å². The smallest absolute Gasteiger partial charge is 0.343 e. The van der Waals surface area contributed by atoms with Crippen LogP contribution in [-0.4, -0.2) is 25.6 Å². The molecule has 0 unspecified atom stereocenters. The first kappa shape index (κ1) is 11.4. The summed E-state index contributed by atoms with van der Waals surface area (Å²) in [5.74, 6) is -0.0941. The third-order valence-electron chi connectivity index (χ3n) is 2.03. The van der Waals surface area contributed by atoms with Gasteiger partial charge in [0, 0.05) is 7.05 Å². The highest BCUT2D eigenvalue weighted by Gasteiger charge is 2.08. The van der Waals surface area contributed by atoms with Crippen molar-refractivity contribution in [1.29, 1.82) is 5.41 Å². The standard InChI is InChI=1S/C9H10N6OS/c1-15-8(16)13-14-9(15)17-6-4-2-3-5(12-6)7(10)11/h2-4H,1H3,(H3,10,11)(H,13,16). The fourth-order valence-electron chi connectivity index (χ4n) is 1.14. The first-order chi connectivity index (χ1) is 8.08. The normalized spacial score (nSPS) is 10.4. The second kappa shape index (κ2) is 4.42. The van der Waals surface area contributed by atoms with E-state index in [2.05, 4.69) is 15.2 Å². The van der Waals surface area contributed by atoms with Gasteiger partial charge < -0.3 is 5.73 Å². The quantitative estimate of drug-likeness (QED) is 0.521. The van der Waals surface area contributed by atoms with Crippen LogP contribution in [-0.2, 0) is 7.05 Å². The van der Waals surface area contributed by atoms with Crippen LogP contribution in [0.3, 0.4) is 0 Å². The minimum atomic E-state index is -0.282. The molecule has 0 spiro atoms. The number of nitrogens with one attached hydrogen (secondary N) is 2. The second-order valence-corrected chi connectivity index (χ2v) is 4.23. The van der Waals surface area contributed by atoms with E-state index in [1.54, 1.807) is 25.2 Å². The van der Waals surface area contributed by atoms with Crippen molar-refractivity contribution in [2.24, 2.45) is 12.8 Å². The average Bonchev–Trinajstić information content (AvgIpc) is 2.61.